The Balaban J connectivity index is 2.96. The van der Waals surface area contributed by atoms with E-state index in [0.29, 0.717) is 5.69 Å². The van der Waals surface area contributed by atoms with Gasteiger partial charge in [-0.3, -0.25) is 4.79 Å². The van der Waals surface area contributed by atoms with E-state index in [0.717, 1.165) is 6.08 Å². The molecule has 0 aliphatic heterocycles. The van der Waals surface area contributed by atoms with Crippen LogP contribution in [-0.2, 0) is 4.79 Å². The standard InChI is InChI=1S/C9H9FN2O/c10-8-5-7(11)3-1-6(8)2-4-9(12)13/h1-5H,11H2,(H2,12,13). The van der Waals surface area contributed by atoms with Crippen molar-refractivity contribution in [1.29, 1.82) is 0 Å². The zero-order chi connectivity index (χ0) is 9.84. The molecule has 13 heavy (non-hydrogen) atoms. The molecule has 0 saturated heterocycles. The van der Waals surface area contributed by atoms with Crippen LogP contribution in [0.1, 0.15) is 5.56 Å². The van der Waals surface area contributed by atoms with Gasteiger partial charge in [0.05, 0.1) is 0 Å². The molecule has 3 nitrogen and oxygen atoms in total. The lowest BCUT2D eigenvalue weighted by molar-refractivity contribution is -0.113. The fraction of sp³-hybridized carbons (Fsp3) is 0. The third kappa shape index (κ3) is 2.59. The van der Waals surface area contributed by atoms with Gasteiger partial charge >= 0.3 is 0 Å². The molecule has 68 valence electrons. The van der Waals surface area contributed by atoms with Crippen molar-refractivity contribution < 1.29 is 9.18 Å². The molecule has 4 heteroatoms. The Bertz CT molecular complexity index is 361. The second-order valence-corrected chi connectivity index (χ2v) is 2.52. The number of halogens is 1. The van der Waals surface area contributed by atoms with Crippen molar-refractivity contribution >= 4 is 17.7 Å². The minimum Gasteiger partial charge on any atom is -0.399 e. The van der Waals surface area contributed by atoms with Crippen LogP contribution in [0.5, 0.6) is 0 Å². The largest absolute Gasteiger partial charge is 0.399 e. The van der Waals surface area contributed by atoms with Crippen LogP contribution < -0.4 is 11.5 Å². The molecule has 1 aromatic rings. The lowest BCUT2D eigenvalue weighted by atomic mass is 10.2. The number of amides is 1. The fourth-order valence-electron chi connectivity index (χ4n) is 0.850. The highest BCUT2D eigenvalue weighted by Crippen LogP contribution is 2.12. The van der Waals surface area contributed by atoms with Crippen LogP contribution in [0.15, 0.2) is 24.3 Å². The van der Waals surface area contributed by atoms with E-state index in [1.54, 1.807) is 6.07 Å². The van der Waals surface area contributed by atoms with Gasteiger partial charge in [-0.2, -0.15) is 0 Å². The molecule has 4 N–H and O–H groups in total. The number of nitrogen functional groups attached to an aromatic ring is 1. The van der Waals surface area contributed by atoms with E-state index in [1.165, 1.54) is 18.2 Å². The number of rotatable bonds is 2. The van der Waals surface area contributed by atoms with Crippen LogP contribution in [-0.4, -0.2) is 5.91 Å². The Morgan fingerprint density at radius 2 is 2.15 bits per heavy atom. The molecule has 0 aliphatic carbocycles. The van der Waals surface area contributed by atoms with E-state index >= 15 is 0 Å². The van der Waals surface area contributed by atoms with Gasteiger partial charge in [0.25, 0.3) is 0 Å². The van der Waals surface area contributed by atoms with E-state index < -0.39 is 11.7 Å². The molecule has 1 rings (SSSR count). The molecule has 0 spiro atoms. The molecule has 0 aliphatic rings. The SMILES string of the molecule is NC(=O)C=Cc1ccc(N)cc1F. The Hall–Kier alpha value is -1.84. The highest BCUT2D eigenvalue weighted by atomic mass is 19.1. The van der Waals surface area contributed by atoms with Crippen molar-refractivity contribution in [2.24, 2.45) is 5.73 Å². The highest BCUT2D eigenvalue weighted by Gasteiger charge is 1.98. The first kappa shape index (κ1) is 9.25. The van der Waals surface area contributed by atoms with Gasteiger partial charge < -0.3 is 11.5 Å². The zero-order valence-corrected chi connectivity index (χ0v) is 6.83. The van der Waals surface area contributed by atoms with Crippen molar-refractivity contribution in [2.45, 2.75) is 0 Å². The summed E-state index contributed by atoms with van der Waals surface area (Å²) in [4.78, 5) is 10.3. The zero-order valence-electron chi connectivity index (χ0n) is 6.83. The smallest absolute Gasteiger partial charge is 0.241 e. The molecule has 0 saturated carbocycles. The van der Waals surface area contributed by atoms with Crippen molar-refractivity contribution in [3.05, 3.63) is 35.7 Å². The predicted octanol–water partition coefficient (Wildman–Crippen LogP) is 0.906. The van der Waals surface area contributed by atoms with Gasteiger partial charge in [-0.05, 0) is 24.3 Å². The van der Waals surface area contributed by atoms with Crippen LogP contribution in [0.2, 0.25) is 0 Å². The maximum atomic E-state index is 13.0. The molecule has 0 bridgehead atoms. The van der Waals surface area contributed by atoms with E-state index in [-0.39, 0.29) is 5.56 Å². The van der Waals surface area contributed by atoms with Crippen molar-refractivity contribution in [1.82, 2.24) is 0 Å². The summed E-state index contributed by atoms with van der Waals surface area (Å²) in [6, 6.07) is 4.20. The molecular weight excluding hydrogens is 171 g/mol. The molecule has 1 amide bonds. The maximum Gasteiger partial charge on any atom is 0.241 e. The number of hydrogen-bond acceptors (Lipinski definition) is 2. The Kier molecular flexibility index (Phi) is 2.64. The van der Waals surface area contributed by atoms with Gasteiger partial charge in [0.15, 0.2) is 0 Å². The predicted molar refractivity (Wildman–Crippen MR) is 49.0 cm³/mol. The minimum atomic E-state index is -0.615. The average molecular weight is 180 g/mol. The second kappa shape index (κ2) is 3.71. The Labute approximate surface area is 74.8 Å². The summed E-state index contributed by atoms with van der Waals surface area (Å²) in [6.45, 7) is 0. The number of carbonyl (C=O) groups excluding carboxylic acids is 1. The number of benzene rings is 1. The van der Waals surface area contributed by atoms with E-state index in [4.69, 9.17) is 11.5 Å². The number of carbonyl (C=O) groups is 1. The second-order valence-electron chi connectivity index (χ2n) is 2.52. The molecule has 0 radical (unpaired) electrons. The number of primary amides is 1. The van der Waals surface area contributed by atoms with Crippen molar-refractivity contribution in [3.63, 3.8) is 0 Å². The molecule has 0 unspecified atom stereocenters. The Morgan fingerprint density at radius 1 is 1.46 bits per heavy atom. The summed E-state index contributed by atoms with van der Waals surface area (Å²) in [6.07, 6.45) is 2.39. The fourth-order valence-corrected chi connectivity index (χ4v) is 0.850. The van der Waals surface area contributed by atoms with Crippen LogP contribution in [0.25, 0.3) is 6.08 Å². The molecule has 0 atom stereocenters. The van der Waals surface area contributed by atoms with Gasteiger partial charge in [-0.25, -0.2) is 4.39 Å². The summed E-state index contributed by atoms with van der Waals surface area (Å²) in [5, 5.41) is 0. The first-order chi connectivity index (χ1) is 6.09. The van der Waals surface area contributed by atoms with E-state index in [1.807, 2.05) is 0 Å². The van der Waals surface area contributed by atoms with Crippen molar-refractivity contribution in [2.75, 3.05) is 5.73 Å². The first-order valence-electron chi connectivity index (χ1n) is 3.62. The van der Waals surface area contributed by atoms with Gasteiger partial charge in [0, 0.05) is 17.3 Å². The van der Waals surface area contributed by atoms with E-state index in [9.17, 15) is 9.18 Å². The number of hydrogen-bond donors (Lipinski definition) is 2. The summed E-state index contributed by atoms with van der Waals surface area (Å²) >= 11 is 0. The third-order valence-corrected chi connectivity index (χ3v) is 1.45. The third-order valence-electron chi connectivity index (χ3n) is 1.45. The van der Waals surface area contributed by atoms with Crippen LogP contribution in [0.3, 0.4) is 0 Å². The lowest BCUT2D eigenvalue weighted by Crippen LogP contribution is -2.05. The van der Waals surface area contributed by atoms with Crippen LogP contribution in [0.4, 0.5) is 10.1 Å². The lowest BCUT2D eigenvalue weighted by Gasteiger charge is -1.97. The molecule has 1 aromatic carbocycles. The van der Waals surface area contributed by atoms with Gasteiger partial charge in [0.2, 0.25) is 5.91 Å². The molecule has 0 fully saturated rings. The Morgan fingerprint density at radius 3 is 2.69 bits per heavy atom. The summed E-state index contributed by atoms with van der Waals surface area (Å²) in [7, 11) is 0. The first-order valence-corrected chi connectivity index (χ1v) is 3.62. The van der Waals surface area contributed by atoms with Crippen LogP contribution >= 0.6 is 0 Å². The highest BCUT2D eigenvalue weighted by molar-refractivity contribution is 5.90. The topological polar surface area (TPSA) is 69.1 Å². The normalized spacial score (nSPS) is 10.5. The number of anilines is 1. The summed E-state index contributed by atoms with van der Waals surface area (Å²) in [5.74, 6) is -1.09. The molecular formula is C9H9FN2O. The van der Waals surface area contributed by atoms with Crippen LogP contribution in [0, 0.1) is 5.82 Å². The average Bonchev–Trinajstić information content (AvgIpc) is 2.02. The number of nitrogens with two attached hydrogens (primary N) is 2. The quantitative estimate of drug-likeness (QED) is 0.524. The van der Waals surface area contributed by atoms with E-state index in [2.05, 4.69) is 0 Å². The maximum absolute atomic E-state index is 13.0. The molecule has 0 aromatic heterocycles. The van der Waals surface area contributed by atoms with Gasteiger partial charge in [0.1, 0.15) is 5.82 Å². The monoisotopic (exact) mass is 180 g/mol. The van der Waals surface area contributed by atoms with Crippen molar-refractivity contribution in [3.8, 4) is 0 Å². The van der Waals surface area contributed by atoms with Gasteiger partial charge in [-0.1, -0.05) is 0 Å². The van der Waals surface area contributed by atoms with Gasteiger partial charge in [-0.15, -0.1) is 0 Å². The molecule has 0 heterocycles. The summed E-state index contributed by atoms with van der Waals surface area (Å²) < 4.78 is 13.0. The minimum absolute atomic E-state index is 0.285. The summed E-state index contributed by atoms with van der Waals surface area (Å²) in [5.41, 5.74) is 10.8.